The number of hydrogen-bond donors (Lipinski definition) is 2. The predicted molar refractivity (Wildman–Crippen MR) is 94.0 cm³/mol. The van der Waals surface area contributed by atoms with Crippen LogP contribution in [0.3, 0.4) is 0 Å². The molecule has 6 heteroatoms. The second-order valence-corrected chi connectivity index (χ2v) is 5.65. The lowest BCUT2D eigenvalue weighted by molar-refractivity contribution is 0.299. The molecule has 0 aliphatic heterocycles. The third-order valence-electron chi connectivity index (χ3n) is 3.65. The summed E-state index contributed by atoms with van der Waals surface area (Å²) >= 11 is 0. The smallest absolute Gasteiger partial charge is 0.194 e. The van der Waals surface area contributed by atoms with E-state index in [1.807, 2.05) is 54.6 Å². The first-order chi connectivity index (χ1) is 12.6. The SMILES string of the molecule is Fc1cc(OCc2cccc(CNNc3ccccc3)c2)cc(F)c1F. The number of nitrogens with one attached hydrogen (secondary N) is 2. The molecule has 0 atom stereocenters. The molecule has 0 aromatic heterocycles. The molecule has 0 aliphatic rings. The first kappa shape index (κ1) is 17.8. The highest BCUT2D eigenvalue weighted by Gasteiger charge is 2.11. The Morgan fingerprint density at radius 2 is 1.46 bits per heavy atom. The van der Waals surface area contributed by atoms with E-state index in [4.69, 9.17) is 4.74 Å². The molecule has 26 heavy (non-hydrogen) atoms. The van der Waals surface area contributed by atoms with Crippen molar-refractivity contribution in [2.75, 3.05) is 5.43 Å². The van der Waals surface area contributed by atoms with Crippen LogP contribution in [0.2, 0.25) is 0 Å². The van der Waals surface area contributed by atoms with Crippen molar-refractivity contribution in [2.45, 2.75) is 13.2 Å². The molecule has 0 radical (unpaired) electrons. The van der Waals surface area contributed by atoms with Crippen LogP contribution in [0.4, 0.5) is 18.9 Å². The van der Waals surface area contributed by atoms with Gasteiger partial charge in [-0.15, -0.1) is 0 Å². The molecule has 0 fully saturated rings. The van der Waals surface area contributed by atoms with Gasteiger partial charge in [0.25, 0.3) is 0 Å². The van der Waals surface area contributed by atoms with Crippen LogP contribution in [0.1, 0.15) is 11.1 Å². The molecule has 0 amide bonds. The Labute approximate surface area is 149 Å². The van der Waals surface area contributed by atoms with Crippen molar-refractivity contribution in [3.05, 3.63) is 95.3 Å². The molecule has 3 nitrogen and oxygen atoms in total. The van der Waals surface area contributed by atoms with Crippen molar-refractivity contribution in [3.8, 4) is 5.75 Å². The third-order valence-corrected chi connectivity index (χ3v) is 3.65. The van der Waals surface area contributed by atoms with E-state index in [9.17, 15) is 13.2 Å². The fraction of sp³-hybridized carbons (Fsp3) is 0.100. The van der Waals surface area contributed by atoms with Crippen molar-refractivity contribution in [1.29, 1.82) is 0 Å². The minimum atomic E-state index is -1.50. The van der Waals surface area contributed by atoms with Gasteiger partial charge in [-0.1, -0.05) is 42.5 Å². The van der Waals surface area contributed by atoms with Gasteiger partial charge in [0, 0.05) is 24.4 Å². The Balaban J connectivity index is 1.55. The Hall–Kier alpha value is -2.99. The van der Waals surface area contributed by atoms with E-state index < -0.39 is 17.5 Å². The minimum absolute atomic E-state index is 0.0596. The second kappa shape index (κ2) is 8.40. The largest absolute Gasteiger partial charge is 0.489 e. The molecule has 2 N–H and O–H groups in total. The lowest BCUT2D eigenvalue weighted by Crippen LogP contribution is -2.20. The molecule has 0 heterocycles. The topological polar surface area (TPSA) is 33.3 Å². The van der Waals surface area contributed by atoms with Gasteiger partial charge in [0.1, 0.15) is 12.4 Å². The zero-order valence-corrected chi connectivity index (χ0v) is 13.8. The summed E-state index contributed by atoms with van der Waals surface area (Å²) in [6, 6.07) is 18.9. The van der Waals surface area contributed by atoms with Crippen LogP contribution < -0.4 is 15.6 Å². The van der Waals surface area contributed by atoms with Gasteiger partial charge in [0.2, 0.25) is 0 Å². The van der Waals surface area contributed by atoms with Crippen LogP contribution in [0.25, 0.3) is 0 Å². The van der Waals surface area contributed by atoms with Gasteiger partial charge in [-0.05, 0) is 23.3 Å². The van der Waals surface area contributed by atoms with Crippen LogP contribution in [0.5, 0.6) is 5.75 Å². The summed E-state index contributed by atoms with van der Waals surface area (Å²) in [6.07, 6.45) is 0. The molecule has 134 valence electrons. The van der Waals surface area contributed by atoms with Crippen molar-refractivity contribution < 1.29 is 17.9 Å². The van der Waals surface area contributed by atoms with E-state index in [1.165, 1.54) is 0 Å². The lowest BCUT2D eigenvalue weighted by atomic mass is 10.1. The van der Waals surface area contributed by atoms with Crippen molar-refractivity contribution in [1.82, 2.24) is 5.43 Å². The monoisotopic (exact) mass is 358 g/mol. The predicted octanol–water partition coefficient (Wildman–Crippen LogP) is 4.80. The standard InChI is InChI=1S/C20H17F3N2O/c21-18-10-17(11-19(22)20(18)23)26-13-15-6-4-5-14(9-15)12-24-25-16-7-2-1-3-8-16/h1-11,24-25H,12-13H2. The quantitative estimate of drug-likeness (QED) is 0.470. The van der Waals surface area contributed by atoms with Crippen LogP contribution in [-0.2, 0) is 13.2 Å². The first-order valence-electron chi connectivity index (χ1n) is 8.01. The number of para-hydroxylation sites is 1. The van der Waals surface area contributed by atoms with E-state index in [1.54, 1.807) is 0 Å². The summed E-state index contributed by atoms with van der Waals surface area (Å²) in [4.78, 5) is 0. The molecule has 0 saturated heterocycles. The van der Waals surface area contributed by atoms with Gasteiger partial charge < -0.3 is 10.2 Å². The van der Waals surface area contributed by atoms with E-state index in [2.05, 4.69) is 10.9 Å². The summed E-state index contributed by atoms with van der Waals surface area (Å²) in [5, 5.41) is 0. The number of rotatable bonds is 7. The minimum Gasteiger partial charge on any atom is -0.489 e. The van der Waals surface area contributed by atoms with Gasteiger partial charge in [0.05, 0.1) is 0 Å². The van der Waals surface area contributed by atoms with Crippen LogP contribution in [0, 0.1) is 17.5 Å². The molecule has 0 spiro atoms. The van der Waals surface area contributed by atoms with Gasteiger partial charge >= 0.3 is 0 Å². The zero-order valence-electron chi connectivity index (χ0n) is 13.8. The number of ether oxygens (including phenoxy) is 1. The zero-order chi connectivity index (χ0) is 18.4. The summed E-state index contributed by atoms with van der Waals surface area (Å²) in [5.74, 6) is -4.11. The van der Waals surface area contributed by atoms with Gasteiger partial charge in [-0.25, -0.2) is 18.6 Å². The van der Waals surface area contributed by atoms with Crippen molar-refractivity contribution >= 4 is 5.69 Å². The molecule has 3 rings (SSSR count). The average Bonchev–Trinajstić information content (AvgIpc) is 2.65. The van der Waals surface area contributed by atoms with Crippen LogP contribution >= 0.6 is 0 Å². The molecule has 0 aliphatic carbocycles. The molecule has 0 unspecified atom stereocenters. The Morgan fingerprint density at radius 1 is 0.769 bits per heavy atom. The fourth-order valence-electron chi connectivity index (χ4n) is 2.38. The summed E-state index contributed by atoms with van der Waals surface area (Å²) in [7, 11) is 0. The molecular weight excluding hydrogens is 341 g/mol. The maximum absolute atomic E-state index is 13.2. The molecule has 0 saturated carbocycles. The maximum Gasteiger partial charge on any atom is 0.194 e. The van der Waals surface area contributed by atoms with E-state index >= 15 is 0 Å². The molecule has 3 aromatic carbocycles. The highest BCUT2D eigenvalue weighted by atomic mass is 19.2. The number of hydrazine groups is 1. The van der Waals surface area contributed by atoms with Crippen LogP contribution in [0.15, 0.2) is 66.7 Å². The van der Waals surface area contributed by atoms with Crippen molar-refractivity contribution in [3.63, 3.8) is 0 Å². The Bertz CT molecular complexity index is 849. The maximum atomic E-state index is 13.2. The van der Waals surface area contributed by atoms with Gasteiger partial charge in [-0.2, -0.15) is 0 Å². The summed E-state index contributed by atoms with van der Waals surface area (Å²) in [5.41, 5.74) is 8.98. The summed E-state index contributed by atoms with van der Waals surface area (Å²) in [6.45, 7) is 0.688. The lowest BCUT2D eigenvalue weighted by Gasteiger charge is -2.11. The molecular formula is C20H17F3N2O. The number of halogens is 3. The van der Waals surface area contributed by atoms with Crippen molar-refractivity contribution in [2.24, 2.45) is 0 Å². The molecule has 3 aromatic rings. The Morgan fingerprint density at radius 3 is 2.19 bits per heavy atom. The van der Waals surface area contributed by atoms with E-state index in [0.29, 0.717) is 6.54 Å². The number of benzene rings is 3. The number of hydrogen-bond acceptors (Lipinski definition) is 3. The highest BCUT2D eigenvalue weighted by molar-refractivity contribution is 5.41. The van der Waals surface area contributed by atoms with Gasteiger partial charge in [-0.3, -0.25) is 0 Å². The van der Waals surface area contributed by atoms with E-state index in [-0.39, 0.29) is 12.4 Å². The first-order valence-corrected chi connectivity index (χ1v) is 8.01. The van der Waals surface area contributed by atoms with Crippen LogP contribution in [-0.4, -0.2) is 0 Å². The normalized spacial score (nSPS) is 10.6. The van der Waals surface area contributed by atoms with Gasteiger partial charge in [0.15, 0.2) is 17.5 Å². The van der Waals surface area contributed by atoms with E-state index in [0.717, 1.165) is 28.9 Å². The Kier molecular flexibility index (Phi) is 5.76. The average molecular weight is 358 g/mol. The highest BCUT2D eigenvalue weighted by Crippen LogP contribution is 2.20. The number of anilines is 1. The summed E-state index contributed by atoms with van der Waals surface area (Å²) < 4.78 is 44.7. The molecule has 0 bridgehead atoms. The second-order valence-electron chi connectivity index (χ2n) is 5.65. The third kappa shape index (κ3) is 4.77. The fourth-order valence-corrected chi connectivity index (χ4v) is 2.38.